The zero-order valence-electron chi connectivity index (χ0n) is 41.8. The predicted octanol–water partition coefficient (Wildman–Crippen LogP) is 18.2. The molecule has 0 fully saturated rings. The highest BCUT2D eigenvalue weighted by Crippen LogP contribution is 2.57. The highest BCUT2D eigenvalue weighted by Gasteiger charge is 2.46. The molecule has 354 valence electrons. The van der Waals surface area contributed by atoms with E-state index in [0.29, 0.717) is 17.5 Å². The molecule has 0 amide bonds. The summed E-state index contributed by atoms with van der Waals surface area (Å²) in [4.78, 5) is 20.2. The van der Waals surface area contributed by atoms with E-state index in [1.165, 1.54) is 75.8 Å². The number of aryl methyl sites for hydroxylation is 1. The summed E-state index contributed by atoms with van der Waals surface area (Å²) in [7, 11) is 0. The molecule has 1 aliphatic rings. The molecule has 0 bridgehead atoms. The minimum absolute atomic E-state index is 0.0381. The van der Waals surface area contributed by atoms with Crippen LogP contribution in [-0.4, -0.2) is 19.9 Å². The first-order valence-corrected chi connectivity index (χ1v) is 26.6. The van der Waals surface area contributed by atoms with Crippen molar-refractivity contribution in [1.82, 2.24) is 19.9 Å². The lowest BCUT2D eigenvalue weighted by molar-refractivity contribution is 0.590. The van der Waals surface area contributed by atoms with Gasteiger partial charge in [0.2, 0.25) is 0 Å². The summed E-state index contributed by atoms with van der Waals surface area (Å²) in [6.07, 6.45) is 8.02. The monoisotopic (exact) mass is 1050 g/mol. The van der Waals surface area contributed by atoms with Crippen molar-refractivity contribution in [2.45, 2.75) is 96.8 Å². The predicted molar refractivity (Wildman–Crippen MR) is 303 cm³/mol. The van der Waals surface area contributed by atoms with Gasteiger partial charge in [-0.2, -0.15) is 0 Å². The maximum absolute atomic E-state index is 5.05. The van der Waals surface area contributed by atoms with E-state index in [-0.39, 0.29) is 10.8 Å². The molecule has 0 spiro atoms. The number of pyridine rings is 1. The average molecular weight is 1060 g/mol. The second-order valence-electron chi connectivity index (χ2n) is 21.2. The molecule has 7 aromatic carbocycles. The van der Waals surface area contributed by atoms with Crippen LogP contribution in [0.3, 0.4) is 0 Å². The molecule has 10 rings (SSSR count). The highest BCUT2D eigenvalue weighted by molar-refractivity contribution is 9.10. The van der Waals surface area contributed by atoms with E-state index in [9.17, 15) is 0 Å². The maximum Gasteiger partial charge on any atom is 0.165 e. The Labute approximate surface area is 437 Å². The number of nitrogens with zero attached hydrogens (tertiary/aromatic N) is 4. The summed E-state index contributed by atoms with van der Waals surface area (Å²) in [5.74, 6) is 1.85. The van der Waals surface area contributed by atoms with Gasteiger partial charge >= 0.3 is 0 Å². The van der Waals surface area contributed by atoms with E-state index in [1.54, 1.807) is 0 Å². The van der Waals surface area contributed by atoms with Crippen LogP contribution < -0.4 is 0 Å². The quantitative estimate of drug-likeness (QED) is 0.114. The van der Waals surface area contributed by atoms with Crippen LogP contribution in [0.2, 0.25) is 0 Å². The van der Waals surface area contributed by atoms with E-state index >= 15 is 0 Å². The minimum Gasteiger partial charge on any atom is -0.255 e. The number of rotatable bonds is 12. The van der Waals surface area contributed by atoms with Crippen LogP contribution >= 0.6 is 31.9 Å². The smallest absolute Gasteiger partial charge is 0.165 e. The van der Waals surface area contributed by atoms with Crippen LogP contribution in [0.1, 0.15) is 113 Å². The van der Waals surface area contributed by atoms with Crippen LogP contribution in [0.5, 0.6) is 0 Å². The summed E-state index contributed by atoms with van der Waals surface area (Å²) in [6, 6.07) is 62.2. The summed E-state index contributed by atoms with van der Waals surface area (Å²) in [5.41, 5.74) is 18.0. The number of benzene rings is 7. The summed E-state index contributed by atoms with van der Waals surface area (Å²) in [5, 5.41) is 0. The topological polar surface area (TPSA) is 51.6 Å². The summed E-state index contributed by atoms with van der Waals surface area (Å²) >= 11 is 7.74. The van der Waals surface area contributed by atoms with Crippen molar-refractivity contribution in [2.24, 2.45) is 0 Å². The lowest BCUT2D eigenvalue weighted by Crippen LogP contribution is -2.28. The van der Waals surface area contributed by atoms with Crippen molar-refractivity contribution >= 4 is 31.9 Å². The molecule has 9 aromatic rings. The first kappa shape index (κ1) is 48.3. The van der Waals surface area contributed by atoms with Gasteiger partial charge in [-0.25, -0.2) is 15.0 Å². The highest BCUT2D eigenvalue weighted by atomic mass is 79.9. The van der Waals surface area contributed by atoms with Gasteiger partial charge in [-0.1, -0.05) is 227 Å². The van der Waals surface area contributed by atoms with Crippen molar-refractivity contribution in [3.05, 3.63) is 224 Å². The van der Waals surface area contributed by atoms with Crippen molar-refractivity contribution in [1.29, 1.82) is 0 Å². The van der Waals surface area contributed by atoms with Crippen LogP contribution in [0.15, 0.2) is 185 Å². The van der Waals surface area contributed by atoms with Crippen LogP contribution in [0, 0.1) is 0 Å². The third-order valence-electron chi connectivity index (χ3n) is 14.3. The van der Waals surface area contributed by atoms with E-state index in [2.05, 4.69) is 250 Å². The van der Waals surface area contributed by atoms with Crippen LogP contribution in [0.25, 0.3) is 67.7 Å². The Morgan fingerprint density at radius 2 is 0.915 bits per heavy atom. The lowest BCUT2D eigenvalue weighted by atomic mass is 9.67. The number of hydrogen-bond donors (Lipinski definition) is 0. The van der Waals surface area contributed by atoms with Gasteiger partial charge in [0.25, 0.3) is 0 Å². The third-order valence-corrected chi connectivity index (χ3v) is 15.2. The molecule has 2 heterocycles. The largest absolute Gasteiger partial charge is 0.255 e. The first-order valence-electron chi connectivity index (χ1n) is 25.0. The second kappa shape index (κ2) is 19.7. The molecular weight excluding hydrogens is 997 g/mol. The molecule has 0 aliphatic heterocycles. The van der Waals surface area contributed by atoms with Crippen molar-refractivity contribution < 1.29 is 0 Å². The standard InChI is InChI=1S/C65H60Br2N4/c1-8-9-10-11-13-42-16-25-51(26-17-42)65(57-39-53(66)33-35-55(57)56-36-34-54(67)40-58(56)65)52-31-18-43(19-32-52)46-14-12-15-47(38-46)59-37-24-48(41-68-59)62-70-60(44-20-27-49(28-21-44)63(2,3)4)69-61(71-62)45-22-29-50(30-23-45)64(5,6)7/h12,14-41H,8-11,13H2,1-7H3. The maximum atomic E-state index is 5.05. The van der Waals surface area contributed by atoms with E-state index in [1.807, 2.05) is 6.20 Å². The molecule has 0 saturated carbocycles. The van der Waals surface area contributed by atoms with Gasteiger partial charge in [0, 0.05) is 37.4 Å². The lowest BCUT2D eigenvalue weighted by Gasteiger charge is -2.34. The molecule has 6 heteroatoms. The molecule has 4 nitrogen and oxygen atoms in total. The van der Waals surface area contributed by atoms with Gasteiger partial charge < -0.3 is 0 Å². The molecule has 0 unspecified atom stereocenters. The number of unbranched alkanes of at least 4 members (excludes halogenated alkanes) is 3. The van der Waals surface area contributed by atoms with Gasteiger partial charge in [0.15, 0.2) is 17.5 Å². The van der Waals surface area contributed by atoms with Gasteiger partial charge in [0.05, 0.1) is 11.1 Å². The molecule has 0 saturated heterocycles. The van der Waals surface area contributed by atoms with Gasteiger partial charge in [-0.3, -0.25) is 4.98 Å². The zero-order valence-corrected chi connectivity index (χ0v) is 45.0. The fraction of sp³-hybridized carbons (Fsp3) is 0.231. The van der Waals surface area contributed by atoms with Crippen molar-refractivity contribution in [3.63, 3.8) is 0 Å². The summed E-state index contributed by atoms with van der Waals surface area (Å²) < 4.78 is 2.14. The van der Waals surface area contributed by atoms with Gasteiger partial charge in [-0.15, -0.1) is 0 Å². The van der Waals surface area contributed by atoms with Gasteiger partial charge in [0.1, 0.15) is 0 Å². The van der Waals surface area contributed by atoms with E-state index in [4.69, 9.17) is 19.9 Å². The number of halogens is 2. The Balaban J connectivity index is 0.981. The van der Waals surface area contributed by atoms with Crippen molar-refractivity contribution in [3.8, 4) is 67.7 Å². The average Bonchev–Trinajstić information content (AvgIpc) is 3.66. The molecule has 2 aromatic heterocycles. The first-order chi connectivity index (χ1) is 34.2. The third kappa shape index (κ3) is 9.74. The Morgan fingerprint density at radius 1 is 0.437 bits per heavy atom. The summed E-state index contributed by atoms with van der Waals surface area (Å²) in [6.45, 7) is 15.6. The van der Waals surface area contributed by atoms with Crippen LogP contribution in [-0.2, 0) is 22.7 Å². The number of hydrogen-bond acceptors (Lipinski definition) is 4. The van der Waals surface area contributed by atoms with Crippen molar-refractivity contribution in [2.75, 3.05) is 0 Å². The van der Waals surface area contributed by atoms with E-state index < -0.39 is 5.41 Å². The normalized spacial score (nSPS) is 13.0. The van der Waals surface area contributed by atoms with E-state index in [0.717, 1.165) is 54.4 Å². The zero-order chi connectivity index (χ0) is 49.5. The fourth-order valence-electron chi connectivity index (χ4n) is 10.2. The molecule has 1 aliphatic carbocycles. The Bertz CT molecular complexity index is 3220. The molecule has 71 heavy (non-hydrogen) atoms. The number of fused-ring (bicyclic) bond motifs is 3. The molecule has 0 radical (unpaired) electrons. The van der Waals surface area contributed by atoms with Crippen LogP contribution in [0.4, 0.5) is 0 Å². The Kier molecular flexibility index (Phi) is 13.4. The molecule has 0 atom stereocenters. The second-order valence-corrected chi connectivity index (χ2v) is 23.0. The fourth-order valence-corrected chi connectivity index (χ4v) is 10.9. The Morgan fingerprint density at radius 3 is 1.41 bits per heavy atom. The minimum atomic E-state index is -0.515. The SMILES string of the molecule is CCCCCCc1ccc(C2(c3ccc(-c4cccc(-c5ccc(-c6nc(-c7ccc(C(C)(C)C)cc7)nc(-c7ccc(C(C)(C)C)cc7)n6)cn5)c4)cc3)c3cc(Br)ccc3-c3ccc(Br)cc32)cc1. The molecule has 0 N–H and O–H groups in total. The number of aromatic nitrogens is 4. The van der Waals surface area contributed by atoms with Gasteiger partial charge in [-0.05, 0) is 127 Å². The Hall–Kier alpha value is -6.34. The molecular formula is C65H60Br2N4.